The van der Waals surface area contributed by atoms with E-state index in [1.165, 1.54) is 43.3 Å². The number of para-hydroxylation sites is 2. The van der Waals surface area contributed by atoms with Crippen molar-refractivity contribution >= 4 is 40.9 Å². The van der Waals surface area contributed by atoms with Gasteiger partial charge in [-0.15, -0.1) is 0 Å². The van der Waals surface area contributed by atoms with Crippen LogP contribution in [0.3, 0.4) is 0 Å². The second kappa shape index (κ2) is 9.87. The van der Waals surface area contributed by atoms with Crippen molar-refractivity contribution in [1.82, 2.24) is 0 Å². The molecular formula is C35H25FN2O5. The highest BCUT2D eigenvalue weighted by molar-refractivity contribution is 6.18. The third-order valence-electron chi connectivity index (χ3n) is 8.62. The average Bonchev–Trinajstić information content (AvgIpc) is 3.49. The summed E-state index contributed by atoms with van der Waals surface area (Å²) in [5, 5.41) is 2.99. The van der Waals surface area contributed by atoms with E-state index in [0.29, 0.717) is 11.3 Å². The summed E-state index contributed by atoms with van der Waals surface area (Å²) in [7, 11) is 0. The van der Waals surface area contributed by atoms with Gasteiger partial charge in [-0.2, -0.15) is 0 Å². The predicted molar refractivity (Wildman–Crippen MR) is 159 cm³/mol. The Labute approximate surface area is 246 Å². The zero-order chi connectivity index (χ0) is 29.9. The van der Waals surface area contributed by atoms with Crippen molar-refractivity contribution in [1.29, 1.82) is 0 Å². The molecule has 1 spiro atoms. The molecule has 3 heterocycles. The van der Waals surface area contributed by atoms with E-state index in [4.69, 9.17) is 4.74 Å². The van der Waals surface area contributed by atoms with E-state index in [1.807, 2.05) is 53.5 Å². The normalized spacial score (nSPS) is 22.9. The van der Waals surface area contributed by atoms with Crippen LogP contribution in [-0.4, -0.2) is 35.5 Å². The maximum absolute atomic E-state index is 14.7. The van der Waals surface area contributed by atoms with Gasteiger partial charge in [0.15, 0.2) is 11.6 Å². The number of amides is 1. The molecule has 7 nitrogen and oxygen atoms in total. The molecular weight excluding hydrogens is 547 g/mol. The van der Waals surface area contributed by atoms with E-state index in [0.717, 1.165) is 11.3 Å². The SMILES string of the molecule is CC(=O)Oc1ccc(C(=O)[C@H]2[C@H](C(=O)c3ccc(F)cc3)[C@]3(C(=O)Nc4ccccc43)[C@H]3C=Cc4ccccc4N23)cc1. The number of nitrogens with one attached hydrogen (secondary N) is 1. The van der Waals surface area contributed by atoms with Gasteiger partial charge in [-0.3, -0.25) is 19.2 Å². The summed E-state index contributed by atoms with van der Waals surface area (Å²) >= 11 is 0. The number of esters is 1. The molecule has 0 radical (unpaired) electrons. The lowest BCUT2D eigenvalue weighted by Crippen LogP contribution is -2.51. The van der Waals surface area contributed by atoms with Gasteiger partial charge in [0, 0.05) is 29.4 Å². The standard InChI is InChI=1S/C35H25FN2O5/c1-20(39)43-25-17-12-23(13-18-25)33(41)31-30(32(40)22-10-15-24(36)16-11-22)35(26-7-3-4-8-27(26)37-34(35)42)29-19-14-21-6-2-5-9-28(21)38(29)31/h2-19,29-31H,1H3,(H,37,42)/t29-,30-,31-,35-/m1/s1. The molecule has 43 heavy (non-hydrogen) atoms. The van der Waals surface area contributed by atoms with E-state index in [-0.39, 0.29) is 28.6 Å². The van der Waals surface area contributed by atoms with Crippen LogP contribution in [-0.2, 0) is 15.0 Å². The lowest BCUT2D eigenvalue weighted by atomic mass is 9.64. The van der Waals surface area contributed by atoms with Gasteiger partial charge >= 0.3 is 5.97 Å². The van der Waals surface area contributed by atoms with Crippen LogP contribution in [0.1, 0.15) is 38.8 Å². The number of Topliss-reactive ketones (excluding diaryl/α,β-unsaturated/α-hetero) is 2. The number of rotatable bonds is 5. The molecule has 3 aliphatic heterocycles. The molecule has 0 saturated carbocycles. The first-order chi connectivity index (χ1) is 20.8. The van der Waals surface area contributed by atoms with Crippen molar-refractivity contribution in [3.8, 4) is 5.75 Å². The summed E-state index contributed by atoms with van der Waals surface area (Å²) in [6.07, 6.45) is 3.82. The summed E-state index contributed by atoms with van der Waals surface area (Å²) in [4.78, 5) is 57.1. The third kappa shape index (κ3) is 3.94. The monoisotopic (exact) mass is 572 g/mol. The minimum Gasteiger partial charge on any atom is -0.427 e. The molecule has 3 aliphatic rings. The van der Waals surface area contributed by atoms with Gasteiger partial charge in [0.2, 0.25) is 5.91 Å². The fourth-order valence-corrected chi connectivity index (χ4v) is 6.94. The predicted octanol–water partition coefficient (Wildman–Crippen LogP) is 5.61. The van der Waals surface area contributed by atoms with Crippen LogP contribution in [0.4, 0.5) is 15.8 Å². The summed E-state index contributed by atoms with van der Waals surface area (Å²) < 4.78 is 19.1. The number of ketones is 2. The fraction of sp³-hybridized carbons (Fsp3) is 0.143. The van der Waals surface area contributed by atoms with E-state index in [1.54, 1.807) is 24.3 Å². The fourth-order valence-electron chi connectivity index (χ4n) is 6.94. The maximum atomic E-state index is 14.7. The second-order valence-corrected chi connectivity index (χ2v) is 10.9. The average molecular weight is 573 g/mol. The molecule has 4 atom stereocenters. The smallest absolute Gasteiger partial charge is 0.308 e. The van der Waals surface area contributed by atoms with Crippen LogP contribution in [0.15, 0.2) is 103 Å². The molecule has 212 valence electrons. The van der Waals surface area contributed by atoms with E-state index >= 15 is 0 Å². The van der Waals surface area contributed by atoms with E-state index in [9.17, 15) is 23.6 Å². The molecule has 0 aromatic heterocycles. The molecule has 7 rings (SSSR count). The van der Waals surface area contributed by atoms with Crippen LogP contribution in [0, 0.1) is 11.7 Å². The minimum atomic E-state index is -1.47. The second-order valence-electron chi connectivity index (χ2n) is 10.9. The van der Waals surface area contributed by atoms with Gasteiger partial charge in [-0.25, -0.2) is 4.39 Å². The van der Waals surface area contributed by atoms with Crippen LogP contribution in [0.2, 0.25) is 0 Å². The van der Waals surface area contributed by atoms with Gasteiger partial charge in [-0.05, 0) is 71.8 Å². The van der Waals surface area contributed by atoms with Gasteiger partial charge in [0.25, 0.3) is 0 Å². The first-order valence-electron chi connectivity index (χ1n) is 13.9. The van der Waals surface area contributed by atoms with Crippen LogP contribution >= 0.6 is 0 Å². The Kier molecular flexibility index (Phi) is 6.09. The Bertz CT molecular complexity index is 1850. The highest BCUT2D eigenvalue weighted by Gasteiger charge is 2.70. The molecule has 0 bridgehead atoms. The molecule has 1 N–H and O–H groups in total. The number of hydrogen-bond donors (Lipinski definition) is 1. The van der Waals surface area contributed by atoms with E-state index in [2.05, 4.69) is 5.32 Å². The van der Waals surface area contributed by atoms with Crippen LogP contribution in [0.25, 0.3) is 6.08 Å². The van der Waals surface area contributed by atoms with E-state index < -0.39 is 41.0 Å². The van der Waals surface area contributed by atoms with Gasteiger partial charge in [-0.1, -0.05) is 48.6 Å². The number of nitrogens with zero attached hydrogens (tertiary/aromatic N) is 1. The van der Waals surface area contributed by atoms with Crippen molar-refractivity contribution in [3.63, 3.8) is 0 Å². The largest absolute Gasteiger partial charge is 0.427 e. The lowest BCUT2D eigenvalue weighted by Gasteiger charge is -2.37. The number of halogens is 1. The molecule has 1 amide bonds. The lowest BCUT2D eigenvalue weighted by molar-refractivity contribution is -0.131. The Balaban J connectivity index is 1.48. The van der Waals surface area contributed by atoms with Crippen molar-refractivity contribution in [2.75, 3.05) is 10.2 Å². The third-order valence-corrected chi connectivity index (χ3v) is 8.62. The summed E-state index contributed by atoms with van der Waals surface area (Å²) in [6, 6.07) is 24.3. The Morgan fingerprint density at radius 3 is 2.23 bits per heavy atom. The number of ether oxygens (including phenoxy) is 1. The molecule has 4 aromatic carbocycles. The van der Waals surface area contributed by atoms with Crippen molar-refractivity contribution in [2.24, 2.45) is 5.92 Å². The minimum absolute atomic E-state index is 0.197. The number of carbonyl (C=O) groups excluding carboxylic acids is 4. The Morgan fingerprint density at radius 1 is 0.837 bits per heavy atom. The number of hydrogen-bond acceptors (Lipinski definition) is 6. The van der Waals surface area contributed by atoms with Crippen LogP contribution < -0.4 is 15.0 Å². The van der Waals surface area contributed by atoms with Crippen molar-refractivity contribution in [3.05, 3.63) is 131 Å². The number of benzene rings is 4. The highest BCUT2D eigenvalue weighted by Crippen LogP contribution is 2.58. The molecule has 1 saturated heterocycles. The highest BCUT2D eigenvalue weighted by atomic mass is 19.1. The molecule has 4 aromatic rings. The number of fused-ring (bicyclic) bond motifs is 6. The first kappa shape index (κ1) is 26.5. The first-order valence-corrected chi connectivity index (χ1v) is 13.9. The van der Waals surface area contributed by atoms with Gasteiger partial charge < -0.3 is 15.0 Å². The summed E-state index contributed by atoms with van der Waals surface area (Å²) in [5.41, 5.74) is 1.78. The maximum Gasteiger partial charge on any atom is 0.308 e. The Morgan fingerprint density at radius 2 is 1.49 bits per heavy atom. The zero-order valence-corrected chi connectivity index (χ0v) is 23.0. The molecule has 0 aliphatic carbocycles. The summed E-state index contributed by atoms with van der Waals surface area (Å²) in [6.45, 7) is 1.29. The van der Waals surface area contributed by atoms with Crippen molar-refractivity contribution in [2.45, 2.75) is 24.4 Å². The Hall–Kier alpha value is -5.37. The van der Waals surface area contributed by atoms with Gasteiger partial charge in [0.05, 0.1) is 12.0 Å². The molecule has 8 heteroatoms. The topological polar surface area (TPSA) is 92.8 Å². The quantitative estimate of drug-likeness (QED) is 0.190. The van der Waals surface area contributed by atoms with Crippen LogP contribution in [0.5, 0.6) is 5.75 Å². The number of anilines is 2. The van der Waals surface area contributed by atoms with Gasteiger partial charge in [0.1, 0.15) is 23.0 Å². The molecule has 1 fully saturated rings. The zero-order valence-electron chi connectivity index (χ0n) is 23.0. The summed E-state index contributed by atoms with van der Waals surface area (Å²) in [5.74, 6) is -3.10. The van der Waals surface area contributed by atoms with Crippen molar-refractivity contribution < 1.29 is 28.3 Å². The molecule has 0 unspecified atom stereocenters. The number of carbonyl (C=O) groups is 4.